The maximum atomic E-state index is 12.1. The topological polar surface area (TPSA) is 50.4 Å². The fourth-order valence-corrected chi connectivity index (χ4v) is 2.38. The highest BCUT2D eigenvalue weighted by molar-refractivity contribution is 5.95. The van der Waals surface area contributed by atoms with Gasteiger partial charge in [0.2, 0.25) is 5.91 Å². The first-order valence-electron chi connectivity index (χ1n) is 7.84. The molecule has 1 heterocycles. The molecule has 1 amide bonds. The molecule has 0 aromatic heterocycles. The largest absolute Gasteiger partial charge is 0.493 e. The fourth-order valence-electron chi connectivity index (χ4n) is 2.38. The van der Waals surface area contributed by atoms with Crippen molar-refractivity contribution in [2.45, 2.75) is 46.1 Å². The van der Waals surface area contributed by atoms with Gasteiger partial charge < -0.3 is 15.4 Å². The van der Waals surface area contributed by atoms with Crippen LogP contribution in [-0.4, -0.2) is 25.1 Å². The minimum Gasteiger partial charge on any atom is -0.493 e. The Morgan fingerprint density at radius 2 is 2.23 bits per heavy atom. The van der Waals surface area contributed by atoms with Gasteiger partial charge in [0, 0.05) is 11.8 Å². The third kappa shape index (κ3) is 5.50. The van der Waals surface area contributed by atoms with E-state index in [0.717, 1.165) is 42.8 Å². The molecule has 1 aliphatic heterocycles. The van der Waals surface area contributed by atoms with Crippen LogP contribution in [0, 0.1) is 12.8 Å². The summed E-state index contributed by atoms with van der Waals surface area (Å²) in [6.45, 7) is 8.02. The number of carbonyl (C=O) groups excluding carboxylic acids is 1. The molecule has 0 aliphatic carbocycles. The van der Waals surface area contributed by atoms with E-state index in [1.54, 1.807) is 0 Å². The molecule has 1 aliphatic rings. The highest BCUT2D eigenvalue weighted by Crippen LogP contribution is 2.23. The van der Waals surface area contributed by atoms with Crippen molar-refractivity contribution in [3.05, 3.63) is 23.8 Å². The van der Waals surface area contributed by atoms with Gasteiger partial charge in [-0.1, -0.05) is 19.9 Å². The summed E-state index contributed by atoms with van der Waals surface area (Å²) < 4.78 is 5.83. The van der Waals surface area contributed by atoms with Crippen LogP contribution in [0.2, 0.25) is 0 Å². The second-order valence-corrected chi connectivity index (χ2v) is 6.15. The van der Waals surface area contributed by atoms with Crippen LogP contribution in [0.4, 0.5) is 5.69 Å². The van der Waals surface area contributed by atoms with Crippen molar-refractivity contribution in [1.29, 1.82) is 0 Å². The lowest BCUT2D eigenvalue weighted by Gasteiger charge is -2.14. The summed E-state index contributed by atoms with van der Waals surface area (Å²) in [7, 11) is 0. The molecule has 2 N–H and O–H groups in total. The Hall–Kier alpha value is -1.26. The molecule has 124 valence electrons. The highest BCUT2D eigenvalue weighted by atomic mass is 35.5. The molecule has 2 rings (SSSR count). The van der Waals surface area contributed by atoms with E-state index in [4.69, 9.17) is 4.74 Å². The second-order valence-electron chi connectivity index (χ2n) is 6.15. The molecule has 4 nitrogen and oxygen atoms in total. The molecule has 0 saturated carbocycles. The Bertz CT molecular complexity index is 486. The van der Waals surface area contributed by atoms with Crippen molar-refractivity contribution in [1.82, 2.24) is 5.32 Å². The zero-order chi connectivity index (χ0) is 15.2. The number of halogens is 1. The van der Waals surface area contributed by atoms with Crippen molar-refractivity contribution in [2.75, 3.05) is 18.5 Å². The molecule has 1 atom stereocenters. The minimum absolute atomic E-state index is 0. The Morgan fingerprint density at radius 1 is 1.45 bits per heavy atom. The van der Waals surface area contributed by atoms with E-state index in [9.17, 15) is 4.79 Å². The third-order valence-electron chi connectivity index (χ3n) is 3.79. The lowest BCUT2D eigenvalue weighted by Crippen LogP contribution is -2.35. The van der Waals surface area contributed by atoms with Gasteiger partial charge in [0.05, 0.1) is 12.6 Å². The average molecular weight is 327 g/mol. The lowest BCUT2D eigenvalue weighted by atomic mass is 10.1. The first-order valence-corrected chi connectivity index (χ1v) is 7.84. The monoisotopic (exact) mass is 326 g/mol. The summed E-state index contributed by atoms with van der Waals surface area (Å²) in [6.07, 6.45) is 3.01. The molecule has 1 aromatic carbocycles. The normalized spacial score (nSPS) is 17.2. The van der Waals surface area contributed by atoms with Gasteiger partial charge in [-0.05, 0) is 50.3 Å². The molecular formula is C17H27ClN2O2. The van der Waals surface area contributed by atoms with E-state index in [1.165, 1.54) is 0 Å². The Balaban J connectivity index is 0.00000242. The number of rotatable bonds is 6. The molecule has 22 heavy (non-hydrogen) atoms. The van der Waals surface area contributed by atoms with Crippen molar-refractivity contribution in [3.63, 3.8) is 0 Å². The van der Waals surface area contributed by atoms with E-state index in [-0.39, 0.29) is 24.4 Å². The summed E-state index contributed by atoms with van der Waals surface area (Å²) in [5.41, 5.74) is 1.90. The number of hydrogen-bond donors (Lipinski definition) is 2. The zero-order valence-corrected chi connectivity index (χ0v) is 14.5. The predicted octanol–water partition coefficient (Wildman–Crippen LogP) is 3.53. The third-order valence-corrected chi connectivity index (χ3v) is 3.79. The van der Waals surface area contributed by atoms with Gasteiger partial charge in [-0.25, -0.2) is 0 Å². The van der Waals surface area contributed by atoms with Crippen LogP contribution in [0.1, 0.15) is 38.7 Å². The average Bonchev–Trinajstić information content (AvgIpc) is 2.96. The first-order chi connectivity index (χ1) is 10.1. The molecule has 0 radical (unpaired) electrons. The van der Waals surface area contributed by atoms with E-state index in [1.807, 2.05) is 25.1 Å². The smallest absolute Gasteiger partial charge is 0.241 e. The van der Waals surface area contributed by atoms with Crippen LogP contribution in [0.15, 0.2) is 18.2 Å². The van der Waals surface area contributed by atoms with Crippen LogP contribution in [0.5, 0.6) is 5.75 Å². The summed E-state index contributed by atoms with van der Waals surface area (Å²) in [5, 5.41) is 6.18. The van der Waals surface area contributed by atoms with E-state index < -0.39 is 0 Å². The van der Waals surface area contributed by atoms with Gasteiger partial charge in [-0.15, -0.1) is 12.4 Å². The summed E-state index contributed by atoms with van der Waals surface area (Å²) in [4.78, 5) is 12.1. The van der Waals surface area contributed by atoms with Gasteiger partial charge in [0.1, 0.15) is 5.75 Å². The lowest BCUT2D eigenvalue weighted by molar-refractivity contribution is -0.117. The van der Waals surface area contributed by atoms with Gasteiger partial charge in [-0.3, -0.25) is 4.79 Å². The van der Waals surface area contributed by atoms with Gasteiger partial charge >= 0.3 is 0 Å². The van der Waals surface area contributed by atoms with Crippen LogP contribution in [0.3, 0.4) is 0 Å². The standard InChI is InChI=1S/C17H26N2O2.ClH/c1-12(2)8-10-21-16-11-14(7-6-13(16)3)19-17(20)15-5-4-9-18-15;/h6-7,11-12,15,18H,4-5,8-10H2,1-3H3,(H,19,20);1H. The van der Waals surface area contributed by atoms with Crippen LogP contribution >= 0.6 is 12.4 Å². The maximum Gasteiger partial charge on any atom is 0.241 e. The molecule has 1 aromatic rings. The maximum absolute atomic E-state index is 12.1. The molecule has 1 unspecified atom stereocenters. The van der Waals surface area contributed by atoms with Crippen molar-refractivity contribution in [3.8, 4) is 5.75 Å². The number of carbonyl (C=O) groups is 1. The van der Waals surface area contributed by atoms with E-state index in [0.29, 0.717) is 12.5 Å². The molecule has 1 saturated heterocycles. The zero-order valence-electron chi connectivity index (χ0n) is 13.6. The number of nitrogens with one attached hydrogen (secondary N) is 2. The number of benzene rings is 1. The second kappa shape index (κ2) is 9.01. The molecular weight excluding hydrogens is 300 g/mol. The molecule has 5 heteroatoms. The van der Waals surface area contributed by atoms with E-state index >= 15 is 0 Å². The fraction of sp³-hybridized carbons (Fsp3) is 0.588. The number of amides is 1. The molecule has 1 fully saturated rings. The number of hydrogen-bond acceptors (Lipinski definition) is 3. The highest BCUT2D eigenvalue weighted by Gasteiger charge is 2.22. The Morgan fingerprint density at radius 3 is 2.86 bits per heavy atom. The van der Waals surface area contributed by atoms with Crippen LogP contribution < -0.4 is 15.4 Å². The Kier molecular flexibility index (Phi) is 7.69. The number of aryl methyl sites for hydroxylation is 1. The summed E-state index contributed by atoms with van der Waals surface area (Å²) in [5.74, 6) is 1.53. The number of ether oxygens (including phenoxy) is 1. The molecule has 0 bridgehead atoms. The number of anilines is 1. The van der Waals surface area contributed by atoms with Gasteiger partial charge in [-0.2, -0.15) is 0 Å². The van der Waals surface area contributed by atoms with Crippen LogP contribution in [0.25, 0.3) is 0 Å². The van der Waals surface area contributed by atoms with Crippen LogP contribution in [-0.2, 0) is 4.79 Å². The quantitative estimate of drug-likeness (QED) is 0.840. The van der Waals surface area contributed by atoms with Crippen molar-refractivity contribution >= 4 is 24.0 Å². The first kappa shape index (κ1) is 18.8. The summed E-state index contributed by atoms with van der Waals surface area (Å²) >= 11 is 0. The van der Waals surface area contributed by atoms with E-state index in [2.05, 4.69) is 24.5 Å². The predicted molar refractivity (Wildman–Crippen MR) is 93.0 cm³/mol. The van der Waals surface area contributed by atoms with Crippen molar-refractivity contribution in [2.24, 2.45) is 5.92 Å². The van der Waals surface area contributed by atoms with Crippen molar-refractivity contribution < 1.29 is 9.53 Å². The van der Waals surface area contributed by atoms with Gasteiger partial charge in [0.15, 0.2) is 0 Å². The minimum atomic E-state index is -0.0587. The Labute approximate surface area is 139 Å². The van der Waals surface area contributed by atoms with Gasteiger partial charge in [0.25, 0.3) is 0 Å². The summed E-state index contributed by atoms with van der Waals surface area (Å²) in [6, 6.07) is 5.78. The SMILES string of the molecule is Cc1ccc(NC(=O)C2CCCN2)cc1OCCC(C)C.Cl. The molecule has 0 spiro atoms.